The molecule has 0 aliphatic heterocycles. The van der Waals surface area contributed by atoms with Crippen molar-refractivity contribution in [1.29, 1.82) is 0 Å². The van der Waals surface area contributed by atoms with Gasteiger partial charge in [0, 0.05) is 25.5 Å². The first-order chi connectivity index (χ1) is 8.92. The molecule has 1 aromatic carbocycles. The molecule has 0 bridgehead atoms. The number of aromatic amines is 1. The van der Waals surface area contributed by atoms with Crippen LogP contribution in [0.1, 0.15) is 11.1 Å². The topological polar surface area (TPSA) is 53.6 Å². The molecular formula is C14H14N4. The molecule has 2 N–H and O–H groups in total. The summed E-state index contributed by atoms with van der Waals surface area (Å²) in [5.74, 6) is 0. The van der Waals surface area contributed by atoms with E-state index in [0.29, 0.717) is 0 Å². The summed E-state index contributed by atoms with van der Waals surface area (Å²) >= 11 is 0. The van der Waals surface area contributed by atoms with Crippen molar-refractivity contribution in [2.45, 2.75) is 13.1 Å². The van der Waals surface area contributed by atoms with Crippen LogP contribution in [0, 0.1) is 0 Å². The second-order valence-corrected chi connectivity index (χ2v) is 4.22. The Morgan fingerprint density at radius 3 is 2.94 bits per heavy atom. The van der Waals surface area contributed by atoms with E-state index in [1.165, 1.54) is 11.1 Å². The van der Waals surface area contributed by atoms with E-state index in [-0.39, 0.29) is 0 Å². The van der Waals surface area contributed by atoms with E-state index in [9.17, 15) is 0 Å². The van der Waals surface area contributed by atoms with Crippen molar-refractivity contribution in [2.24, 2.45) is 0 Å². The quantitative estimate of drug-likeness (QED) is 0.733. The third-order valence-electron chi connectivity index (χ3n) is 2.87. The predicted octanol–water partition coefficient (Wildman–Crippen LogP) is 2.25. The van der Waals surface area contributed by atoms with E-state index in [2.05, 4.69) is 38.5 Å². The van der Waals surface area contributed by atoms with Crippen molar-refractivity contribution in [3.8, 4) is 0 Å². The lowest BCUT2D eigenvalue weighted by Crippen LogP contribution is -2.12. The Hall–Kier alpha value is -2.20. The van der Waals surface area contributed by atoms with Crippen molar-refractivity contribution >= 4 is 11.0 Å². The smallest absolute Gasteiger partial charge is 0.0931 e. The molecular weight excluding hydrogens is 224 g/mol. The Kier molecular flexibility index (Phi) is 3.02. The number of rotatable bonds is 4. The van der Waals surface area contributed by atoms with Crippen molar-refractivity contribution in [3.05, 3.63) is 60.2 Å². The minimum atomic E-state index is 0.828. The van der Waals surface area contributed by atoms with Crippen LogP contribution in [0.2, 0.25) is 0 Å². The maximum absolute atomic E-state index is 4.20. The standard InChI is InChI=1S/C14H14N4/c1-2-12(8-15-5-1)9-16-7-11-3-4-13-14(6-11)18-10-17-13/h1-6,8,10,16H,7,9H2,(H,17,18). The fourth-order valence-corrected chi connectivity index (χ4v) is 1.95. The van der Waals surface area contributed by atoms with Gasteiger partial charge in [0.2, 0.25) is 0 Å². The van der Waals surface area contributed by atoms with Crippen LogP contribution < -0.4 is 5.32 Å². The number of hydrogen-bond donors (Lipinski definition) is 2. The number of H-pyrrole nitrogens is 1. The van der Waals surface area contributed by atoms with Gasteiger partial charge in [0.15, 0.2) is 0 Å². The van der Waals surface area contributed by atoms with Gasteiger partial charge in [-0.25, -0.2) is 4.98 Å². The first-order valence-electron chi connectivity index (χ1n) is 5.93. The highest BCUT2D eigenvalue weighted by Gasteiger charge is 1.98. The molecule has 0 aliphatic carbocycles. The maximum atomic E-state index is 4.20. The lowest BCUT2D eigenvalue weighted by atomic mass is 10.2. The molecule has 0 aliphatic rings. The summed E-state index contributed by atoms with van der Waals surface area (Å²) in [6.07, 6.45) is 5.39. The maximum Gasteiger partial charge on any atom is 0.0931 e. The van der Waals surface area contributed by atoms with E-state index in [1.807, 2.05) is 18.3 Å². The van der Waals surface area contributed by atoms with Crippen molar-refractivity contribution in [1.82, 2.24) is 20.3 Å². The molecule has 3 aromatic rings. The molecule has 0 fully saturated rings. The molecule has 0 amide bonds. The molecule has 2 heterocycles. The second kappa shape index (κ2) is 4.98. The summed E-state index contributed by atoms with van der Waals surface area (Å²) in [5, 5.41) is 3.40. The van der Waals surface area contributed by atoms with Gasteiger partial charge in [-0.2, -0.15) is 0 Å². The molecule has 90 valence electrons. The molecule has 0 atom stereocenters. The molecule has 4 nitrogen and oxygen atoms in total. The van der Waals surface area contributed by atoms with Crippen LogP contribution in [-0.4, -0.2) is 15.0 Å². The van der Waals surface area contributed by atoms with E-state index in [1.54, 1.807) is 12.5 Å². The fourth-order valence-electron chi connectivity index (χ4n) is 1.95. The normalized spacial score (nSPS) is 10.9. The van der Waals surface area contributed by atoms with Gasteiger partial charge in [-0.05, 0) is 29.3 Å². The summed E-state index contributed by atoms with van der Waals surface area (Å²) in [6, 6.07) is 10.3. The van der Waals surface area contributed by atoms with Gasteiger partial charge in [0.25, 0.3) is 0 Å². The van der Waals surface area contributed by atoms with Crippen LogP contribution >= 0.6 is 0 Å². The highest BCUT2D eigenvalue weighted by Crippen LogP contribution is 2.11. The molecule has 0 radical (unpaired) electrons. The number of benzene rings is 1. The Bertz CT molecular complexity index is 630. The van der Waals surface area contributed by atoms with E-state index >= 15 is 0 Å². The summed E-state index contributed by atoms with van der Waals surface area (Å²) in [7, 11) is 0. The molecule has 18 heavy (non-hydrogen) atoms. The average Bonchev–Trinajstić information content (AvgIpc) is 2.87. The molecule has 2 aromatic heterocycles. The van der Waals surface area contributed by atoms with Crippen molar-refractivity contribution in [3.63, 3.8) is 0 Å². The molecule has 4 heteroatoms. The summed E-state index contributed by atoms with van der Waals surface area (Å²) in [4.78, 5) is 11.4. The number of pyridine rings is 1. The SMILES string of the molecule is c1cncc(CNCc2ccc3nc[nH]c3c2)c1. The first-order valence-corrected chi connectivity index (χ1v) is 5.93. The number of imidazole rings is 1. The van der Waals surface area contributed by atoms with Gasteiger partial charge in [-0.3, -0.25) is 4.98 Å². The van der Waals surface area contributed by atoms with Crippen molar-refractivity contribution in [2.75, 3.05) is 0 Å². The molecule has 0 spiro atoms. The van der Waals surface area contributed by atoms with Crippen molar-refractivity contribution < 1.29 is 0 Å². The Morgan fingerprint density at radius 1 is 1.11 bits per heavy atom. The summed E-state index contributed by atoms with van der Waals surface area (Å²) < 4.78 is 0. The molecule has 0 saturated carbocycles. The zero-order chi connectivity index (χ0) is 12.2. The van der Waals surface area contributed by atoms with Crippen LogP contribution in [-0.2, 0) is 13.1 Å². The van der Waals surface area contributed by atoms with Crippen LogP contribution in [0.15, 0.2) is 49.1 Å². The van der Waals surface area contributed by atoms with E-state index in [0.717, 1.165) is 24.1 Å². The van der Waals surface area contributed by atoms with Crippen LogP contribution in [0.4, 0.5) is 0 Å². The fraction of sp³-hybridized carbons (Fsp3) is 0.143. The van der Waals surface area contributed by atoms with Gasteiger partial charge in [-0.15, -0.1) is 0 Å². The molecule has 3 rings (SSSR count). The number of nitrogens with zero attached hydrogens (tertiary/aromatic N) is 2. The van der Waals surface area contributed by atoms with Gasteiger partial charge in [0.1, 0.15) is 0 Å². The minimum absolute atomic E-state index is 0.828. The average molecular weight is 238 g/mol. The Balaban J connectivity index is 1.62. The zero-order valence-electron chi connectivity index (χ0n) is 9.93. The molecule has 0 saturated heterocycles. The van der Waals surface area contributed by atoms with Crippen LogP contribution in [0.3, 0.4) is 0 Å². The van der Waals surface area contributed by atoms with Gasteiger partial charge in [-0.1, -0.05) is 12.1 Å². The third kappa shape index (κ3) is 2.38. The number of aromatic nitrogens is 3. The summed E-state index contributed by atoms with van der Waals surface area (Å²) in [5.41, 5.74) is 4.53. The predicted molar refractivity (Wildman–Crippen MR) is 70.9 cm³/mol. The third-order valence-corrected chi connectivity index (χ3v) is 2.87. The lowest BCUT2D eigenvalue weighted by molar-refractivity contribution is 0.692. The van der Waals surface area contributed by atoms with Gasteiger partial charge < -0.3 is 10.3 Å². The van der Waals surface area contributed by atoms with E-state index in [4.69, 9.17) is 0 Å². The highest BCUT2D eigenvalue weighted by atomic mass is 14.9. The molecule has 0 unspecified atom stereocenters. The van der Waals surface area contributed by atoms with Gasteiger partial charge in [0.05, 0.1) is 17.4 Å². The van der Waals surface area contributed by atoms with Crippen LogP contribution in [0.5, 0.6) is 0 Å². The summed E-state index contributed by atoms with van der Waals surface area (Å²) in [6.45, 7) is 1.67. The second-order valence-electron chi connectivity index (χ2n) is 4.22. The Labute approximate surface area is 105 Å². The Morgan fingerprint density at radius 2 is 2.06 bits per heavy atom. The number of nitrogens with one attached hydrogen (secondary N) is 2. The largest absolute Gasteiger partial charge is 0.345 e. The first kappa shape index (κ1) is 10.9. The van der Waals surface area contributed by atoms with E-state index < -0.39 is 0 Å². The van der Waals surface area contributed by atoms with Crippen LogP contribution in [0.25, 0.3) is 11.0 Å². The number of fused-ring (bicyclic) bond motifs is 1. The monoisotopic (exact) mass is 238 g/mol. The zero-order valence-corrected chi connectivity index (χ0v) is 9.93. The van der Waals surface area contributed by atoms with Gasteiger partial charge >= 0.3 is 0 Å². The highest BCUT2D eigenvalue weighted by molar-refractivity contribution is 5.74. The number of hydrogen-bond acceptors (Lipinski definition) is 3. The minimum Gasteiger partial charge on any atom is -0.345 e. The lowest BCUT2D eigenvalue weighted by Gasteiger charge is -2.04.